The van der Waals surface area contributed by atoms with Gasteiger partial charge in [-0.2, -0.15) is 0 Å². The zero-order valence-corrected chi connectivity index (χ0v) is 23.3. The largest absolute Gasteiger partial charge is 0.457 e. The number of hydrogen-bond donors (Lipinski definition) is 1. The highest BCUT2D eigenvalue weighted by Gasteiger charge is 2.57. The minimum Gasteiger partial charge on any atom is -0.457 e. The van der Waals surface area contributed by atoms with Gasteiger partial charge in [0.1, 0.15) is 17.8 Å². The molecule has 39 heavy (non-hydrogen) atoms. The summed E-state index contributed by atoms with van der Waals surface area (Å²) in [5.74, 6) is -2.63. The topological polar surface area (TPSA) is 83.9 Å². The smallest absolute Gasteiger partial charge is 0.356 e. The summed E-state index contributed by atoms with van der Waals surface area (Å²) in [5.41, 5.74) is 0.188. The van der Waals surface area contributed by atoms with Crippen molar-refractivity contribution < 1.29 is 24.2 Å². The van der Waals surface area contributed by atoms with Crippen LogP contribution in [-0.4, -0.2) is 51.8 Å². The van der Waals surface area contributed by atoms with Crippen molar-refractivity contribution in [1.82, 2.24) is 4.90 Å². The van der Waals surface area contributed by atoms with Crippen LogP contribution in [0.4, 0.5) is 0 Å². The number of Topliss-reactive ketones (excluding diaryl/α,β-unsaturated/α-hetero) is 1. The van der Waals surface area contributed by atoms with Gasteiger partial charge in [0.25, 0.3) is 0 Å². The van der Waals surface area contributed by atoms with Crippen LogP contribution in [0.2, 0.25) is 0 Å². The average molecular weight is 544 g/mol. The van der Waals surface area contributed by atoms with Gasteiger partial charge in [0, 0.05) is 12.8 Å². The maximum Gasteiger partial charge on any atom is 0.356 e. The molecule has 4 rings (SSSR count). The molecule has 1 heterocycles. The molecule has 2 unspecified atom stereocenters. The number of aliphatic hydroxyl groups is 1. The second kappa shape index (κ2) is 12.0. The normalized spacial score (nSPS) is 18.5. The fourth-order valence-electron chi connectivity index (χ4n) is 5.41. The molecule has 7 heteroatoms. The second-order valence-electron chi connectivity index (χ2n) is 9.75. The van der Waals surface area contributed by atoms with Gasteiger partial charge < -0.3 is 14.7 Å². The summed E-state index contributed by atoms with van der Waals surface area (Å²) in [5, 5.41) is 13.2. The number of aliphatic hydroxyl groups excluding tert-OH is 1. The van der Waals surface area contributed by atoms with Gasteiger partial charge in [-0.1, -0.05) is 111 Å². The third-order valence-corrected chi connectivity index (χ3v) is 11.6. The first-order valence-electron chi connectivity index (χ1n) is 13.0. The Morgan fingerprint density at radius 2 is 1.36 bits per heavy atom. The van der Waals surface area contributed by atoms with E-state index < -0.39 is 42.7 Å². The Labute approximate surface area is 229 Å². The highest BCUT2D eigenvalue weighted by molar-refractivity contribution is 7.96. The molecule has 0 saturated carbocycles. The SMILES string of the molecule is C=CCOC(=O)C(N1C(=O)[C@H]([C@@H](C)O)C1C(C)C(C)=O)=P(c1ccccc1)(c1ccccc1)c1ccccc1. The minimum atomic E-state index is -3.06. The van der Waals surface area contributed by atoms with E-state index >= 15 is 0 Å². The lowest BCUT2D eigenvalue weighted by molar-refractivity contribution is -0.161. The minimum absolute atomic E-state index is 0.0461. The van der Waals surface area contributed by atoms with E-state index in [1.54, 1.807) is 13.8 Å². The number of esters is 1. The van der Waals surface area contributed by atoms with E-state index in [0.29, 0.717) is 0 Å². The van der Waals surface area contributed by atoms with Gasteiger partial charge in [-0.25, -0.2) is 4.79 Å². The van der Waals surface area contributed by atoms with Gasteiger partial charge in [-0.05, 0) is 29.8 Å². The van der Waals surface area contributed by atoms with E-state index in [-0.39, 0.29) is 17.8 Å². The monoisotopic (exact) mass is 543 g/mol. The summed E-state index contributed by atoms with van der Waals surface area (Å²) in [6, 6.07) is 28.3. The third-order valence-electron chi connectivity index (χ3n) is 7.35. The number of β-lactam (4-membered cyclic amide) rings is 1. The molecular weight excluding hydrogens is 509 g/mol. The van der Waals surface area contributed by atoms with Gasteiger partial charge >= 0.3 is 5.97 Å². The summed E-state index contributed by atoms with van der Waals surface area (Å²) < 4.78 is 5.71. The molecule has 0 aromatic heterocycles. The molecule has 1 N–H and O–H groups in total. The van der Waals surface area contributed by atoms with Crippen LogP contribution < -0.4 is 15.9 Å². The molecule has 0 radical (unpaired) electrons. The molecule has 3 aromatic rings. The molecule has 6 nitrogen and oxygen atoms in total. The van der Waals surface area contributed by atoms with E-state index in [2.05, 4.69) is 6.58 Å². The zero-order chi connectivity index (χ0) is 28.2. The fraction of sp³-hybridized carbons (Fsp3) is 0.250. The summed E-state index contributed by atoms with van der Waals surface area (Å²) in [4.78, 5) is 42.3. The Morgan fingerprint density at radius 1 is 0.923 bits per heavy atom. The Morgan fingerprint density at radius 3 is 1.72 bits per heavy atom. The van der Waals surface area contributed by atoms with Crippen molar-refractivity contribution in [3.05, 3.63) is 104 Å². The van der Waals surface area contributed by atoms with Crippen molar-refractivity contribution in [1.29, 1.82) is 0 Å². The maximum absolute atomic E-state index is 14.2. The van der Waals surface area contributed by atoms with Crippen LogP contribution in [0.3, 0.4) is 0 Å². The summed E-state index contributed by atoms with van der Waals surface area (Å²) in [6.07, 6.45) is 0.485. The summed E-state index contributed by atoms with van der Waals surface area (Å²) in [6.45, 7) is 5.33. The Bertz CT molecular complexity index is 1300. The van der Waals surface area contributed by atoms with E-state index in [4.69, 9.17) is 4.74 Å². The first-order valence-corrected chi connectivity index (χ1v) is 14.8. The van der Waals surface area contributed by atoms with Gasteiger partial charge in [0.2, 0.25) is 5.91 Å². The number of hydrogen-bond acceptors (Lipinski definition) is 5. The third kappa shape index (κ3) is 5.03. The summed E-state index contributed by atoms with van der Waals surface area (Å²) >= 11 is 0. The molecule has 202 valence electrons. The van der Waals surface area contributed by atoms with Crippen LogP contribution in [-0.2, 0) is 19.1 Å². The maximum atomic E-state index is 14.2. The lowest BCUT2D eigenvalue weighted by Crippen LogP contribution is -2.70. The summed E-state index contributed by atoms with van der Waals surface area (Å²) in [7, 11) is 0. The molecule has 1 saturated heterocycles. The van der Waals surface area contributed by atoms with Gasteiger partial charge in [0.05, 0.1) is 18.1 Å². The number of carbonyl (C=O) groups is 3. The predicted octanol–water partition coefficient (Wildman–Crippen LogP) is 3.27. The quantitative estimate of drug-likeness (QED) is 0.184. The Kier molecular flexibility index (Phi) is 8.69. The molecule has 1 aliphatic heterocycles. The van der Waals surface area contributed by atoms with Gasteiger partial charge in [-0.15, -0.1) is 0 Å². The highest BCUT2D eigenvalue weighted by Crippen LogP contribution is 2.50. The fourth-order valence-corrected chi connectivity index (χ4v) is 9.79. The van der Waals surface area contributed by atoms with Gasteiger partial charge in [0.15, 0.2) is 0 Å². The van der Waals surface area contributed by atoms with E-state index in [9.17, 15) is 19.5 Å². The zero-order valence-electron chi connectivity index (χ0n) is 22.4. The molecule has 0 aliphatic carbocycles. The van der Waals surface area contributed by atoms with Crippen LogP contribution in [0.15, 0.2) is 104 Å². The molecular formula is C32H34NO5P. The average Bonchev–Trinajstić information content (AvgIpc) is 2.95. The van der Waals surface area contributed by atoms with E-state index in [0.717, 1.165) is 15.9 Å². The van der Waals surface area contributed by atoms with Crippen LogP contribution >= 0.6 is 6.89 Å². The highest BCUT2D eigenvalue weighted by atomic mass is 31.2. The molecule has 4 atom stereocenters. The number of likely N-dealkylation sites (tertiary alicyclic amines) is 1. The van der Waals surface area contributed by atoms with Crippen molar-refractivity contribution in [3.63, 3.8) is 0 Å². The lowest BCUT2D eigenvalue weighted by atomic mass is 9.75. The molecule has 0 bridgehead atoms. The van der Waals surface area contributed by atoms with Crippen LogP contribution in [0.5, 0.6) is 0 Å². The Balaban J connectivity index is 2.23. The first kappa shape index (κ1) is 28.3. The van der Waals surface area contributed by atoms with Crippen molar-refractivity contribution in [2.45, 2.75) is 32.9 Å². The first-order chi connectivity index (χ1) is 18.8. The number of ether oxygens (including phenoxy) is 1. The number of rotatable bonds is 10. The van der Waals surface area contributed by atoms with Crippen LogP contribution in [0.25, 0.3) is 0 Å². The number of benzene rings is 3. The molecule has 1 aliphatic rings. The van der Waals surface area contributed by atoms with Crippen molar-refractivity contribution in [3.8, 4) is 0 Å². The van der Waals surface area contributed by atoms with Crippen molar-refractivity contribution in [2.75, 3.05) is 6.61 Å². The molecule has 3 aromatic carbocycles. The van der Waals surface area contributed by atoms with Crippen LogP contribution in [0.1, 0.15) is 20.8 Å². The van der Waals surface area contributed by atoms with E-state index in [1.807, 2.05) is 91.0 Å². The van der Waals surface area contributed by atoms with E-state index in [1.165, 1.54) is 17.9 Å². The lowest BCUT2D eigenvalue weighted by Gasteiger charge is -2.52. The standard InChI is InChI=1S/C32H34NO5P/c1-5-21-38-32(37)31(33-29(22(2)23(3)34)28(24(4)35)30(33)36)39(25-15-9-6-10-16-25,26-17-11-7-12-18-26)27-19-13-8-14-20-27/h5-20,22,24,28-29,35H,1,21H2,2-4H3/t22?,24-,28-,29?/m1/s1. The number of nitrogens with zero attached hydrogens (tertiary/aromatic N) is 1. The van der Waals surface area contributed by atoms with Crippen molar-refractivity contribution >= 4 is 45.9 Å². The Hall–Kier alpha value is -3.73. The second-order valence-corrected chi connectivity index (χ2v) is 13.1. The van der Waals surface area contributed by atoms with Crippen LogP contribution in [0, 0.1) is 11.8 Å². The van der Waals surface area contributed by atoms with Gasteiger partial charge in [-0.3, -0.25) is 9.59 Å². The molecule has 1 fully saturated rings. The number of carbonyl (C=O) groups excluding carboxylic acids is 3. The molecule has 1 amide bonds. The molecule has 0 spiro atoms. The van der Waals surface area contributed by atoms with Crippen molar-refractivity contribution in [2.24, 2.45) is 11.8 Å². The predicted molar refractivity (Wildman–Crippen MR) is 157 cm³/mol. The number of amides is 1. The number of ketones is 1.